The lowest BCUT2D eigenvalue weighted by molar-refractivity contribution is -0.118. The van der Waals surface area contributed by atoms with Crippen molar-refractivity contribution in [2.75, 3.05) is 19.0 Å². The predicted molar refractivity (Wildman–Crippen MR) is 87.5 cm³/mol. The normalized spacial score (nSPS) is 9.86. The van der Waals surface area contributed by atoms with Gasteiger partial charge < -0.3 is 14.8 Å². The van der Waals surface area contributed by atoms with Crippen LogP contribution in [0.15, 0.2) is 61.2 Å². The highest BCUT2D eigenvalue weighted by atomic mass is 16.5. The largest absolute Gasteiger partial charge is 0.495 e. The molecule has 22 heavy (non-hydrogen) atoms. The number of para-hydroxylation sites is 3. The fourth-order valence-electron chi connectivity index (χ4n) is 2.05. The van der Waals surface area contributed by atoms with Gasteiger partial charge in [0.25, 0.3) is 5.91 Å². The first-order chi connectivity index (χ1) is 10.7. The van der Waals surface area contributed by atoms with Crippen molar-refractivity contribution < 1.29 is 14.3 Å². The molecule has 0 aromatic heterocycles. The first-order valence-electron chi connectivity index (χ1n) is 6.99. The summed E-state index contributed by atoms with van der Waals surface area (Å²) in [6.07, 6.45) is 2.50. The van der Waals surface area contributed by atoms with Crippen LogP contribution in [0.5, 0.6) is 11.5 Å². The molecule has 0 spiro atoms. The Hall–Kier alpha value is -2.75. The third-order valence-corrected chi connectivity index (χ3v) is 3.08. The monoisotopic (exact) mass is 297 g/mol. The van der Waals surface area contributed by atoms with Gasteiger partial charge in [-0.1, -0.05) is 36.4 Å². The number of benzene rings is 2. The van der Waals surface area contributed by atoms with Gasteiger partial charge in [0, 0.05) is 0 Å². The standard InChI is InChI=1S/C18H19NO3/c1-3-8-14-9-4-6-11-16(14)22-13-18(20)19-15-10-5-7-12-17(15)21-2/h3-7,9-12H,1,8,13H2,2H3,(H,19,20). The first kappa shape index (κ1) is 15.6. The van der Waals surface area contributed by atoms with Crippen molar-refractivity contribution >= 4 is 11.6 Å². The molecule has 0 saturated carbocycles. The van der Waals surface area contributed by atoms with E-state index in [2.05, 4.69) is 11.9 Å². The van der Waals surface area contributed by atoms with E-state index < -0.39 is 0 Å². The number of amides is 1. The molecule has 1 N–H and O–H groups in total. The van der Waals surface area contributed by atoms with E-state index in [4.69, 9.17) is 9.47 Å². The number of nitrogens with one attached hydrogen (secondary N) is 1. The lowest BCUT2D eigenvalue weighted by Crippen LogP contribution is -2.20. The van der Waals surface area contributed by atoms with Gasteiger partial charge in [-0.15, -0.1) is 6.58 Å². The molecule has 0 aliphatic heterocycles. The van der Waals surface area contributed by atoms with Crippen LogP contribution in [-0.4, -0.2) is 19.6 Å². The fraction of sp³-hybridized carbons (Fsp3) is 0.167. The van der Waals surface area contributed by atoms with Crippen LogP contribution in [0.25, 0.3) is 0 Å². The summed E-state index contributed by atoms with van der Waals surface area (Å²) in [7, 11) is 1.56. The Labute approximate surface area is 130 Å². The summed E-state index contributed by atoms with van der Waals surface area (Å²) in [6.45, 7) is 3.66. The molecule has 114 valence electrons. The summed E-state index contributed by atoms with van der Waals surface area (Å²) in [4.78, 5) is 12.0. The van der Waals surface area contributed by atoms with Crippen molar-refractivity contribution in [3.8, 4) is 11.5 Å². The van der Waals surface area contributed by atoms with Gasteiger partial charge in [-0.2, -0.15) is 0 Å². The number of ether oxygens (including phenoxy) is 2. The molecule has 0 aliphatic rings. The molecular formula is C18H19NO3. The lowest BCUT2D eigenvalue weighted by Gasteiger charge is -2.12. The minimum Gasteiger partial charge on any atom is -0.495 e. The van der Waals surface area contributed by atoms with Crippen LogP contribution in [-0.2, 0) is 11.2 Å². The van der Waals surface area contributed by atoms with Gasteiger partial charge in [0.2, 0.25) is 0 Å². The minimum absolute atomic E-state index is 0.0633. The van der Waals surface area contributed by atoms with Crippen molar-refractivity contribution in [1.29, 1.82) is 0 Å². The summed E-state index contributed by atoms with van der Waals surface area (Å²) in [6, 6.07) is 14.8. The predicted octanol–water partition coefficient (Wildman–Crippen LogP) is 3.44. The lowest BCUT2D eigenvalue weighted by atomic mass is 10.1. The number of anilines is 1. The van der Waals surface area contributed by atoms with Gasteiger partial charge in [0.05, 0.1) is 12.8 Å². The van der Waals surface area contributed by atoms with Crippen LogP contribution in [0.3, 0.4) is 0 Å². The number of hydrogen-bond acceptors (Lipinski definition) is 3. The molecule has 4 heteroatoms. The van der Waals surface area contributed by atoms with Crippen LogP contribution in [0.1, 0.15) is 5.56 Å². The quantitative estimate of drug-likeness (QED) is 0.796. The molecular weight excluding hydrogens is 278 g/mol. The number of methoxy groups -OCH3 is 1. The van der Waals surface area contributed by atoms with Crippen molar-refractivity contribution in [3.05, 3.63) is 66.7 Å². The van der Waals surface area contributed by atoms with Crippen LogP contribution < -0.4 is 14.8 Å². The van der Waals surface area contributed by atoms with E-state index in [0.29, 0.717) is 23.6 Å². The van der Waals surface area contributed by atoms with Gasteiger partial charge in [0.1, 0.15) is 11.5 Å². The molecule has 0 atom stereocenters. The molecule has 0 unspecified atom stereocenters. The highest BCUT2D eigenvalue weighted by Gasteiger charge is 2.09. The number of allylic oxidation sites excluding steroid dienone is 1. The molecule has 0 radical (unpaired) electrons. The summed E-state index contributed by atoms with van der Waals surface area (Å²) in [5.74, 6) is 1.07. The van der Waals surface area contributed by atoms with E-state index >= 15 is 0 Å². The van der Waals surface area contributed by atoms with Crippen LogP contribution >= 0.6 is 0 Å². The zero-order chi connectivity index (χ0) is 15.8. The molecule has 0 saturated heterocycles. The average Bonchev–Trinajstić information content (AvgIpc) is 2.55. The Morgan fingerprint density at radius 1 is 1.14 bits per heavy atom. The van der Waals surface area contributed by atoms with Gasteiger partial charge in [-0.3, -0.25) is 4.79 Å². The molecule has 0 fully saturated rings. The number of hydrogen-bond donors (Lipinski definition) is 1. The molecule has 2 aromatic rings. The smallest absolute Gasteiger partial charge is 0.262 e. The number of rotatable bonds is 7. The van der Waals surface area contributed by atoms with Crippen molar-refractivity contribution in [3.63, 3.8) is 0 Å². The topological polar surface area (TPSA) is 47.6 Å². The second kappa shape index (κ2) is 7.88. The Bertz CT molecular complexity index is 652. The number of carbonyl (C=O) groups excluding carboxylic acids is 1. The van der Waals surface area contributed by atoms with E-state index in [0.717, 1.165) is 5.56 Å². The van der Waals surface area contributed by atoms with Crippen molar-refractivity contribution in [2.24, 2.45) is 0 Å². The van der Waals surface area contributed by atoms with Crippen LogP contribution in [0.4, 0.5) is 5.69 Å². The summed E-state index contributed by atoms with van der Waals surface area (Å²) >= 11 is 0. The van der Waals surface area contributed by atoms with Crippen molar-refractivity contribution in [2.45, 2.75) is 6.42 Å². The van der Waals surface area contributed by atoms with Gasteiger partial charge in [-0.25, -0.2) is 0 Å². The second-order valence-electron chi connectivity index (χ2n) is 4.64. The van der Waals surface area contributed by atoms with E-state index in [1.165, 1.54) is 0 Å². The molecule has 1 amide bonds. The molecule has 0 bridgehead atoms. The van der Waals surface area contributed by atoms with E-state index in [-0.39, 0.29) is 12.5 Å². The molecule has 2 aromatic carbocycles. The zero-order valence-electron chi connectivity index (χ0n) is 12.5. The molecule has 0 heterocycles. The number of carbonyl (C=O) groups is 1. The first-order valence-corrected chi connectivity index (χ1v) is 6.99. The Morgan fingerprint density at radius 3 is 2.55 bits per heavy atom. The zero-order valence-corrected chi connectivity index (χ0v) is 12.5. The van der Waals surface area contributed by atoms with E-state index in [1.54, 1.807) is 25.3 Å². The molecule has 4 nitrogen and oxygen atoms in total. The highest BCUT2D eigenvalue weighted by molar-refractivity contribution is 5.93. The van der Waals surface area contributed by atoms with Crippen molar-refractivity contribution in [1.82, 2.24) is 0 Å². The Morgan fingerprint density at radius 2 is 1.82 bits per heavy atom. The van der Waals surface area contributed by atoms with E-state index in [1.807, 2.05) is 36.4 Å². The summed E-state index contributed by atoms with van der Waals surface area (Å²) < 4.78 is 10.8. The highest BCUT2D eigenvalue weighted by Crippen LogP contribution is 2.23. The van der Waals surface area contributed by atoms with Gasteiger partial charge in [0.15, 0.2) is 6.61 Å². The Kier molecular flexibility index (Phi) is 5.60. The van der Waals surface area contributed by atoms with Gasteiger partial charge in [-0.05, 0) is 30.2 Å². The third kappa shape index (κ3) is 4.12. The summed E-state index contributed by atoms with van der Waals surface area (Å²) in [5.41, 5.74) is 1.63. The Balaban J connectivity index is 1.97. The third-order valence-electron chi connectivity index (χ3n) is 3.08. The maximum absolute atomic E-state index is 12.0. The molecule has 2 rings (SSSR count). The van der Waals surface area contributed by atoms with Crippen LogP contribution in [0.2, 0.25) is 0 Å². The minimum atomic E-state index is -0.238. The van der Waals surface area contributed by atoms with E-state index in [9.17, 15) is 4.79 Å². The van der Waals surface area contributed by atoms with Crippen LogP contribution in [0, 0.1) is 0 Å². The second-order valence-corrected chi connectivity index (χ2v) is 4.64. The SMILES string of the molecule is C=CCc1ccccc1OCC(=O)Nc1ccccc1OC. The maximum atomic E-state index is 12.0. The summed E-state index contributed by atoms with van der Waals surface area (Å²) in [5, 5.41) is 2.77. The maximum Gasteiger partial charge on any atom is 0.262 e. The molecule has 0 aliphatic carbocycles. The fourth-order valence-corrected chi connectivity index (χ4v) is 2.05. The van der Waals surface area contributed by atoms with Gasteiger partial charge >= 0.3 is 0 Å². The average molecular weight is 297 g/mol.